The van der Waals surface area contributed by atoms with Gasteiger partial charge in [-0.1, -0.05) is 29.8 Å². The second kappa shape index (κ2) is 4.08. The Morgan fingerprint density at radius 3 is 2.84 bits per heavy atom. The third kappa shape index (κ3) is 1.82. The summed E-state index contributed by atoms with van der Waals surface area (Å²) in [5.74, 6) is 0.901. The van der Waals surface area contributed by atoms with E-state index in [0.29, 0.717) is 0 Å². The number of hydrogen-bond donors (Lipinski definition) is 1. The van der Waals surface area contributed by atoms with Crippen LogP contribution in [0.5, 0.6) is 0 Å². The summed E-state index contributed by atoms with van der Waals surface area (Å²) in [5, 5.41) is 1.97. The molecule has 2 nitrogen and oxygen atoms in total. The number of aromatic nitrogens is 2. The first-order chi connectivity index (χ1) is 9.29. The maximum absolute atomic E-state index is 5.99. The number of thiophene rings is 1. The van der Waals surface area contributed by atoms with Gasteiger partial charge in [-0.25, -0.2) is 4.98 Å². The van der Waals surface area contributed by atoms with Gasteiger partial charge in [0.05, 0.1) is 15.9 Å². The fourth-order valence-electron chi connectivity index (χ4n) is 2.20. The zero-order valence-corrected chi connectivity index (χ0v) is 11.4. The minimum absolute atomic E-state index is 0.721. The predicted octanol–water partition coefficient (Wildman–Crippen LogP) is 5.10. The molecule has 2 heterocycles. The smallest absolute Gasteiger partial charge is 0.148 e. The lowest BCUT2D eigenvalue weighted by atomic mass is 10.2. The molecule has 0 aliphatic heterocycles. The van der Waals surface area contributed by atoms with E-state index in [9.17, 15) is 0 Å². The molecule has 0 radical (unpaired) electrons. The number of nitrogens with zero attached hydrogens (tertiary/aromatic N) is 1. The fraction of sp³-hybridized carbons (Fsp3) is 0. The van der Waals surface area contributed by atoms with Gasteiger partial charge < -0.3 is 4.98 Å². The van der Waals surface area contributed by atoms with Crippen LogP contribution < -0.4 is 0 Å². The van der Waals surface area contributed by atoms with Crippen molar-refractivity contribution in [1.82, 2.24) is 9.97 Å². The van der Waals surface area contributed by atoms with Gasteiger partial charge in [0, 0.05) is 9.72 Å². The first-order valence-corrected chi connectivity index (χ1v) is 7.13. The van der Waals surface area contributed by atoms with Crippen LogP contribution in [0.25, 0.3) is 31.8 Å². The number of benzene rings is 2. The first-order valence-electron chi connectivity index (χ1n) is 5.94. The lowest BCUT2D eigenvalue weighted by Gasteiger charge is -1.87. The molecule has 0 bridgehead atoms. The highest BCUT2D eigenvalue weighted by Gasteiger charge is 2.09. The van der Waals surface area contributed by atoms with Crippen molar-refractivity contribution in [2.45, 2.75) is 0 Å². The molecule has 92 valence electrons. The number of fused-ring (bicyclic) bond motifs is 2. The number of hydrogen-bond acceptors (Lipinski definition) is 2. The van der Waals surface area contributed by atoms with E-state index in [1.165, 1.54) is 10.1 Å². The van der Waals surface area contributed by atoms with Crippen molar-refractivity contribution in [1.29, 1.82) is 0 Å². The van der Waals surface area contributed by atoms with Gasteiger partial charge in [-0.05, 0) is 35.7 Å². The Bertz CT molecular complexity index is 858. The number of rotatable bonds is 1. The highest BCUT2D eigenvalue weighted by molar-refractivity contribution is 7.22. The van der Waals surface area contributed by atoms with Crippen LogP contribution >= 0.6 is 22.9 Å². The monoisotopic (exact) mass is 284 g/mol. The van der Waals surface area contributed by atoms with Gasteiger partial charge in [-0.3, -0.25) is 0 Å². The van der Waals surface area contributed by atoms with Crippen LogP contribution in [0, 0.1) is 0 Å². The van der Waals surface area contributed by atoms with Crippen LogP contribution in [-0.4, -0.2) is 9.97 Å². The summed E-state index contributed by atoms with van der Waals surface area (Å²) in [4.78, 5) is 9.09. The minimum atomic E-state index is 0.721. The standard InChI is InChI=1S/C15H9ClN2S/c16-10-5-6-11-12(8-10)18-15(17-11)14-7-9-3-1-2-4-13(9)19-14/h1-8H,(H,17,18). The molecule has 2 aromatic carbocycles. The van der Waals surface area contributed by atoms with E-state index in [1.54, 1.807) is 11.3 Å². The van der Waals surface area contributed by atoms with Crippen molar-refractivity contribution >= 4 is 44.1 Å². The van der Waals surface area contributed by atoms with Crippen LogP contribution in [-0.2, 0) is 0 Å². The van der Waals surface area contributed by atoms with Crippen molar-refractivity contribution < 1.29 is 0 Å². The summed E-state index contributed by atoms with van der Waals surface area (Å²) in [6.45, 7) is 0. The summed E-state index contributed by atoms with van der Waals surface area (Å²) < 4.78 is 1.27. The molecule has 0 aliphatic carbocycles. The van der Waals surface area contributed by atoms with Gasteiger partial charge in [0.15, 0.2) is 0 Å². The quantitative estimate of drug-likeness (QED) is 0.518. The average molecular weight is 285 g/mol. The summed E-state index contributed by atoms with van der Waals surface area (Å²) in [5.41, 5.74) is 1.91. The second-order valence-electron chi connectivity index (χ2n) is 4.40. The van der Waals surface area contributed by atoms with E-state index in [0.717, 1.165) is 26.8 Å². The zero-order valence-electron chi connectivity index (χ0n) is 9.85. The molecule has 4 heteroatoms. The van der Waals surface area contributed by atoms with Gasteiger partial charge >= 0.3 is 0 Å². The summed E-state index contributed by atoms with van der Waals surface area (Å²) >= 11 is 7.74. The SMILES string of the molecule is Clc1ccc2nc(-c3cc4ccccc4s3)[nH]c2c1. The third-order valence-electron chi connectivity index (χ3n) is 3.10. The normalized spacial score (nSPS) is 11.4. The molecule has 19 heavy (non-hydrogen) atoms. The molecular formula is C15H9ClN2S. The van der Waals surface area contributed by atoms with E-state index in [-0.39, 0.29) is 0 Å². The number of halogens is 1. The van der Waals surface area contributed by atoms with Gasteiger partial charge in [0.1, 0.15) is 5.82 Å². The van der Waals surface area contributed by atoms with Crippen molar-refractivity contribution in [3.8, 4) is 10.7 Å². The topological polar surface area (TPSA) is 28.7 Å². The lowest BCUT2D eigenvalue weighted by Crippen LogP contribution is -1.72. The van der Waals surface area contributed by atoms with Crippen LogP contribution in [0.1, 0.15) is 0 Å². The van der Waals surface area contributed by atoms with Crippen LogP contribution in [0.15, 0.2) is 48.5 Å². The van der Waals surface area contributed by atoms with Gasteiger partial charge in [0.25, 0.3) is 0 Å². The van der Waals surface area contributed by atoms with E-state index >= 15 is 0 Å². The number of imidazole rings is 1. The van der Waals surface area contributed by atoms with Crippen molar-refractivity contribution in [2.75, 3.05) is 0 Å². The van der Waals surface area contributed by atoms with Gasteiger partial charge in [-0.2, -0.15) is 0 Å². The number of nitrogens with one attached hydrogen (secondary N) is 1. The highest BCUT2D eigenvalue weighted by Crippen LogP contribution is 2.33. The summed E-state index contributed by atoms with van der Waals surface area (Å²) in [6, 6.07) is 16.2. The molecule has 0 saturated carbocycles. The Morgan fingerprint density at radius 2 is 1.95 bits per heavy atom. The molecule has 0 amide bonds. The van der Waals surface area contributed by atoms with Crippen LogP contribution in [0.4, 0.5) is 0 Å². The van der Waals surface area contributed by atoms with Crippen LogP contribution in [0.2, 0.25) is 5.02 Å². The zero-order chi connectivity index (χ0) is 12.8. The molecule has 0 aliphatic rings. The van der Waals surface area contributed by atoms with Gasteiger partial charge in [-0.15, -0.1) is 11.3 Å². The Kier molecular flexibility index (Phi) is 2.37. The largest absolute Gasteiger partial charge is 0.337 e. The molecule has 0 unspecified atom stereocenters. The van der Waals surface area contributed by atoms with Crippen molar-refractivity contribution in [2.24, 2.45) is 0 Å². The Morgan fingerprint density at radius 1 is 1.05 bits per heavy atom. The molecule has 0 atom stereocenters. The molecule has 4 aromatic rings. The fourth-order valence-corrected chi connectivity index (χ4v) is 3.38. The third-order valence-corrected chi connectivity index (χ3v) is 4.46. The van der Waals surface area contributed by atoms with E-state index in [2.05, 4.69) is 40.3 Å². The molecule has 4 rings (SSSR count). The maximum atomic E-state index is 5.99. The molecule has 0 spiro atoms. The Balaban J connectivity index is 1.93. The van der Waals surface area contributed by atoms with Crippen molar-refractivity contribution in [3.63, 3.8) is 0 Å². The average Bonchev–Trinajstić information content (AvgIpc) is 3.00. The van der Waals surface area contributed by atoms with E-state index < -0.39 is 0 Å². The Hall–Kier alpha value is -1.84. The number of H-pyrrole nitrogens is 1. The van der Waals surface area contributed by atoms with Crippen LogP contribution in [0.3, 0.4) is 0 Å². The molecule has 1 N–H and O–H groups in total. The molecule has 0 fully saturated rings. The van der Waals surface area contributed by atoms with E-state index in [4.69, 9.17) is 11.6 Å². The predicted molar refractivity (Wildman–Crippen MR) is 81.9 cm³/mol. The first kappa shape index (κ1) is 11.0. The summed E-state index contributed by atoms with van der Waals surface area (Å²) in [7, 11) is 0. The highest BCUT2D eigenvalue weighted by atomic mass is 35.5. The van der Waals surface area contributed by atoms with Gasteiger partial charge in [0.2, 0.25) is 0 Å². The van der Waals surface area contributed by atoms with Crippen molar-refractivity contribution in [3.05, 3.63) is 53.6 Å². The lowest BCUT2D eigenvalue weighted by molar-refractivity contribution is 1.36. The Labute approximate surface area is 118 Å². The second-order valence-corrected chi connectivity index (χ2v) is 5.92. The van der Waals surface area contributed by atoms with E-state index in [1.807, 2.05) is 18.2 Å². The number of aromatic amines is 1. The minimum Gasteiger partial charge on any atom is -0.337 e. The molecule has 2 aromatic heterocycles. The summed E-state index contributed by atoms with van der Waals surface area (Å²) in [6.07, 6.45) is 0. The maximum Gasteiger partial charge on any atom is 0.148 e. The molecular weight excluding hydrogens is 276 g/mol. The molecule has 0 saturated heterocycles.